The number of hydrogen-bond acceptors (Lipinski definition) is 2. The van der Waals surface area contributed by atoms with E-state index in [-0.39, 0.29) is 24.5 Å². The first-order valence-electron chi connectivity index (χ1n) is 5.06. The molecule has 0 heterocycles. The van der Waals surface area contributed by atoms with E-state index in [1.807, 2.05) is 0 Å². The topological polar surface area (TPSA) is 54.4 Å². The lowest BCUT2D eigenvalue weighted by molar-refractivity contribution is -0.137. The molecular formula is C12H12Cl2O3. The molecule has 0 saturated carbocycles. The first-order valence-corrected chi connectivity index (χ1v) is 5.82. The molecule has 5 heteroatoms. The van der Waals surface area contributed by atoms with Gasteiger partial charge in [0.1, 0.15) is 5.78 Å². The van der Waals surface area contributed by atoms with Gasteiger partial charge in [0, 0.05) is 12.3 Å². The summed E-state index contributed by atoms with van der Waals surface area (Å²) in [7, 11) is 0. The third-order valence-electron chi connectivity index (χ3n) is 2.37. The molecule has 0 aliphatic rings. The Kier molecular flexibility index (Phi) is 4.97. The number of hydrogen-bond donors (Lipinski definition) is 1. The van der Waals surface area contributed by atoms with Crippen molar-refractivity contribution in [2.24, 2.45) is 0 Å². The van der Waals surface area contributed by atoms with Crippen molar-refractivity contribution in [3.05, 3.63) is 33.8 Å². The molecule has 0 aliphatic heterocycles. The quantitative estimate of drug-likeness (QED) is 0.894. The number of aliphatic carboxylic acids is 1. The van der Waals surface area contributed by atoms with E-state index in [0.29, 0.717) is 10.0 Å². The maximum Gasteiger partial charge on any atom is 0.303 e. The lowest BCUT2D eigenvalue weighted by Gasteiger charge is -2.14. The van der Waals surface area contributed by atoms with Gasteiger partial charge in [0.05, 0.1) is 16.5 Å². The number of ketones is 1. The molecule has 0 aliphatic carbocycles. The van der Waals surface area contributed by atoms with Crippen LogP contribution in [0.3, 0.4) is 0 Å². The van der Waals surface area contributed by atoms with Crippen LogP contribution >= 0.6 is 23.2 Å². The minimum Gasteiger partial charge on any atom is -0.481 e. The summed E-state index contributed by atoms with van der Waals surface area (Å²) in [6, 6.07) is 4.92. The summed E-state index contributed by atoms with van der Waals surface area (Å²) in [6.07, 6.45) is 0.0851. The van der Waals surface area contributed by atoms with Gasteiger partial charge in [0.2, 0.25) is 0 Å². The van der Waals surface area contributed by atoms with Crippen LogP contribution in [0, 0.1) is 0 Å². The number of carboxylic acid groups (broad SMARTS) is 1. The summed E-state index contributed by atoms with van der Waals surface area (Å²) in [5, 5.41) is 9.59. The molecular weight excluding hydrogens is 263 g/mol. The minimum absolute atomic E-state index is 0.0534. The average molecular weight is 275 g/mol. The van der Waals surface area contributed by atoms with Crippen LogP contribution in [0.1, 0.15) is 31.2 Å². The first-order chi connectivity index (χ1) is 7.90. The van der Waals surface area contributed by atoms with Gasteiger partial charge in [-0.05, 0) is 24.6 Å². The predicted molar refractivity (Wildman–Crippen MR) is 66.8 cm³/mol. The highest BCUT2D eigenvalue weighted by Gasteiger charge is 2.18. The second-order valence-corrected chi connectivity index (χ2v) is 4.69. The molecule has 0 fully saturated rings. The second kappa shape index (κ2) is 6.03. The standard InChI is InChI=1S/C12H12Cl2O3/c1-7(15)4-9(6-12(16)17)8-2-3-10(13)11(14)5-8/h2-3,5,9H,4,6H2,1H3,(H,16,17)/t9-/m1/s1. The van der Waals surface area contributed by atoms with Crippen LogP contribution < -0.4 is 0 Å². The molecule has 1 atom stereocenters. The third kappa shape index (κ3) is 4.36. The van der Waals surface area contributed by atoms with Crippen molar-refractivity contribution in [3.63, 3.8) is 0 Å². The Morgan fingerprint density at radius 1 is 1.24 bits per heavy atom. The Morgan fingerprint density at radius 2 is 1.88 bits per heavy atom. The van der Waals surface area contributed by atoms with E-state index in [2.05, 4.69) is 0 Å². The fourth-order valence-electron chi connectivity index (χ4n) is 1.63. The molecule has 1 rings (SSSR count). The fraction of sp³-hybridized carbons (Fsp3) is 0.333. The van der Waals surface area contributed by atoms with Gasteiger partial charge in [0.15, 0.2) is 0 Å². The van der Waals surface area contributed by atoms with Gasteiger partial charge in [-0.25, -0.2) is 0 Å². The summed E-state index contributed by atoms with van der Waals surface area (Å²) in [5.74, 6) is -1.36. The zero-order chi connectivity index (χ0) is 13.0. The summed E-state index contributed by atoms with van der Waals surface area (Å²) in [6.45, 7) is 1.44. The molecule has 0 bridgehead atoms. The molecule has 17 heavy (non-hydrogen) atoms. The van der Waals surface area contributed by atoms with Crippen LogP contribution in [0.2, 0.25) is 10.0 Å². The minimum atomic E-state index is -0.942. The van der Waals surface area contributed by atoms with Crippen LogP contribution in [0.4, 0.5) is 0 Å². The molecule has 92 valence electrons. The van der Waals surface area contributed by atoms with E-state index in [9.17, 15) is 9.59 Å². The molecule has 0 unspecified atom stereocenters. The zero-order valence-corrected chi connectivity index (χ0v) is 10.8. The smallest absolute Gasteiger partial charge is 0.303 e. The van der Waals surface area contributed by atoms with Crippen LogP contribution in [-0.4, -0.2) is 16.9 Å². The van der Waals surface area contributed by atoms with Crippen molar-refractivity contribution in [3.8, 4) is 0 Å². The van der Waals surface area contributed by atoms with E-state index in [4.69, 9.17) is 28.3 Å². The number of carbonyl (C=O) groups excluding carboxylic acids is 1. The molecule has 1 aromatic carbocycles. The lowest BCUT2D eigenvalue weighted by Crippen LogP contribution is -2.10. The SMILES string of the molecule is CC(=O)C[C@H](CC(=O)O)c1ccc(Cl)c(Cl)c1. The van der Waals surface area contributed by atoms with Crippen molar-refractivity contribution < 1.29 is 14.7 Å². The fourth-order valence-corrected chi connectivity index (χ4v) is 1.94. The summed E-state index contributed by atoms with van der Waals surface area (Å²) in [5.41, 5.74) is 0.719. The van der Waals surface area contributed by atoms with Crippen LogP contribution in [-0.2, 0) is 9.59 Å². The number of halogens is 2. The Labute approximate surface area is 109 Å². The number of rotatable bonds is 5. The van der Waals surface area contributed by atoms with Gasteiger partial charge in [-0.3, -0.25) is 4.79 Å². The third-order valence-corrected chi connectivity index (χ3v) is 3.11. The van der Waals surface area contributed by atoms with E-state index in [0.717, 1.165) is 5.56 Å². The van der Waals surface area contributed by atoms with E-state index in [1.54, 1.807) is 18.2 Å². The summed E-state index contributed by atoms with van der Waals surface area (Å²) >= 11 is 11.6. The maximum absolute atomic E-state index is 11.1. The van der Waals surface area contributed by atoms with Gasteiger partial charge in [-0.15, -0.1) is 0 Å². The molecule has 1 aromatic rings. The first kappa shape index (κ1) is 14.0. The Bertz CT molecular complexity index is 427. The normalized spacial score (nSPS) is 12.2. The van der Waals surface area contributed by atoms with Gasteiger partial charge in [0.25, 0.3) is 0 Å². The van der Waals surface area contributed by atoms with Crippen LogP contribution in [0.25, 0.3) is 0 Å². The number of carbonyl (C=O) groups is 2. The highest BCUT2D eigenvalue weighted by molar-refractivity contribution is 6.42. The van der Waals surface area contributed by atoms with E-state index >= 15 is 0 Å². The number of Topliss-reactive ketones (excluding diaryl/α,β-unsaturated/α-hetero) is 1. The molecule has 0 spiro atoms. The predicted octanol–water partition coefficient (Wildman–Crippen LogP) is 3.53. The van der Waals surface area contributed by atoms with Gasteiger partial charge < -0.3 is 9.90 Å². The van der Waals surface area contributed by atoms with Crippen LogP contribution in [0.15, 0.2) is 18.2 Å². The highest BCUT2D eigenvalue weighted by Crippen LogP contribution is 2.30. The number of carboxylic acids is 1. The molecule has 1 N–H and O–H groups in total. The maximum atomic E-state index is 11.1. The van der Waals surface area contributed by atoms with E-state index in [1.165, 1.54) is 6.92 Å². The molecule has 0 radical (unpaired) electrons. The second-order valence-electron chi connectivity index (χ2n) is 3.87. The molecule has 0 aromatic heterocycles. The van der Waals surface area contributed by atoms with Crippen molar-refractivity contribution >= 4 is 35.0 Å². The average Bonchev–Trinajstić information content (AvgIpc) is 2.19. The van der Waals surface area contributed by atoms with E-state index < -0.39 is 5.97 Å². The van der Waals surface area contributed by atoms with Crippen molar-refractivity contribution in [2.75, 3.05) is 0 Å². The molecule has 3 nitrogen and oxygen atoms in total. The van der Waals surface area contributed by atoms with Gasteiger partial charge in [-0.1, -0.05) is 29.3 Å². The Morgan fingerprint density at radius 3 is 2.35 bits per heavy atom. The largest absolute Gasteiger partial charge is 0.481 e. The van der Waals surface area contributed by atoms with Gasteiger partial charge >= 0.3 is 5.97 Å². The summed E-state index contributed by atoms with van der Waals surface area (Å²) < 4.78 is 0. The Hall–Kier alpha value is -1.06. The monoisotopic (exact) mass is 274 g/mol. The molecule has 0 saturated heterocycles. The van der Waals surface area contributed by atoms with Gasteiger partial charge in [-0.2, -0.15) is 0 Å². The van der Waals surface area contributed by atoms with Crippen molar-refractivity contribution in [1.29, 1.82) is 0 Å². The lowest BCUT2D eigenvalue weighted by atomic mass is 9.91. The van der Waals surface area contributed by atoms with Crippen LogP contribution in [0.5, 0.6) is 0 Å². The zero-order valence-electron chi connectivity index (χ0n) is 9.24. The number of benzene rings is 1. The highest BCUT2D eigenvalue weighted by atomic mass is 35.5. The Balaban J connectivity index is 2.98. The summed E-state index contributed by atoms with van der Waals surface area (Å²) in [4.78, 5) is 21.9. The van der Waals surface area contributed by atoms with Crippen molar-refractivity contribution in [2.45, 2.75) is 25.7 Å². The van der Waals surface area contributed by atoms with Crippen molar-refractivity contribution in [1.82, 2.24) is 0 Å². The molecule has 0 amide bonds.